The van der Waals surface area contributed by atoms with Gasteiger partial charge in [-0.1, -0.05) is 19.1 Å². The molecule has 0 fully saturated rings. The molecule has 1 unspecified atom stereocenters. The minimum absolute atomic E-state index is 0.451. The lowest BCUT2D eigenvalue weighted by Crippen LogP contribution is -2.37. The van der Waals surface area contributed by atoms with Gasteiger partial charge in [0, 0.05) is 0 Å². The van der Waals surface area contributed by atoms with Crippen LogP contribution >= 0.6 is 0 Å². The summed E-state index contributed by atoms with van der Waals surface area (Å²) < 4.78 is 5.07. The van der Waals surface area contributed by atoms with Crippen molar-refractivity contribution < 1.29 is 14.6 Å². The highest BCUT2D eigenvalue weighted by Crippen LogP contribution is 2.11. The predicted octanol–water partition coefficient (Wildman–Crippen LogP) is 1.69. The lowest BCUT2D eigenvalue weighted by atomic mass is 10.1. The summed E-state index contributed by atoms with van der Waals surface area (Å²) in [7, 11) is 1.63. The van der Waals surface area contributed by atoms with E-state index in [2.05, 4.69) is 5.32 Å². The Morgan fingerprint density at radius 1 is 1.41 bits per heavy atom. The smallest absolute Gasteiger partial charge is 0.320 e. The Labute approximate surface area is 102 Å². The molecule has 0 radical (unpaired) electrons. The second-order valence-electron chi connectivity index (χ2n) is 3.85. The Hall–Kier alpha value is -1.55. The van der Waals surface area contributed by atoms with E-state index in [4.69, 9.17) is 9.84 Å². The average molecular weight is 237 g/mol. The average Bonchev–Trinajstić information content (AvgIpc) is 2.35. The fourth-order valence-electron chi connectivity index (χ4n) is 1.59. The zero-order valence-electron chi connectivity index (χ0n) is 10.3. The molecule has 0 aromatic heterocycles. The number of carboxylic acid groups (broad SMARTS) is 1. The summed E-state index contributed by atoms with van der Waals surface area (Å²) >= 11 is 0. The second-order valence-corrected chi connectivity index (χ2v) is 3.85. The van der Waals surface area contributed by atoms with E-state index in [1.54, 1.807) is 7.11 Å². The van der Waals surface area contributed by atoms with Crippen LogP contribution in [0.3, 0.4) is 0 Å². The molecule has 0 aliphatic heterocycles. The summed E-state index contributed by atoms with van der Waals surface area (Å²) in [6.45, 7) is 2.52. The predicted molar refractivity (Wildman–Crippen MR) is 66.4 cm³/mol. The largest absolute Gasteiger partial charge is 0.497 e. The molecule has 4 heteroatoms. The van der Waals surface area contributed by atoms with Crippen molar-refractivity contribution >= 4 is 5.97 Å². The maximum absolute atomic E-state index is 10.8. The zero-order valence-corrected chi connectivity index (χ0v) is 10.3. The van der Waals surface area contributed by atoms with E-state index in [1.165, 1.54) is 5.56 Å². The van der Waals surface area contributed by atoms with Crippen molar-refractivity contribution in [2.45, 2.75) is 25.8 Å². The first-order valence-corrected chi connectivity index (χ1v) is 5.76. The van der Waals surface area contributed by atoms with E-state index in [0.29, 0.717) is 13.0 Å². The van der Waals surface area contributed by atoms with Crippen LogP contribution in [0, 0.1) is 0 Å². The molecule has 0 saturated carbocycles. The molecule has 0 spiro atoms. The topological polar surface area (TPSA) is 58.6 Å². The van der Waals surface area contributed by atoms with E-state index in [0.717, 1.165) is 12.2 Å². The van der Waals surface area contributed by atoms with Crippen LogP contribution in [-0.4, -0.2) is 30.8 Å². The van der Waals surface area contributed by atoms with Crippen molar-refractivity contribution in [3.8, 4) is 5.75 Å². The summed E-state index contributed by atoms with van der Waals surface area (Å²) in [5, 5.41) is 11.9. The van der Waals surface area contributed by atoms with Gasteiger partial charge in [0.1, 0.15) is 11.8 Å². The lowest BCUT2D eigenvalue weighted by Gasteiger charge is -2.11. The van der Waals surface area contributed by atoms with E-state index in [9.17, 15) is 4.79 Å². The summed E-state index contributed by atoms with van der Waals surface area (Å²) in [5.41, 5.74) is 1.17. The molecule has 1 aromatic carbocycles. The van der Waals surface area contributed by atoms with Crippen molar-refractivity contribution in [2.24, 2.45) is 0 Å². The lowest BCUT2D eigenvalue weighted by molar-refractivity contribution is -0.139. The standard InChI is InChI=1S/C13H19NO3/c1-3-12(13(15)16)14-9-8-10-4-6-11(17-2)7-5-10/h4-7,12,14H,3,8-9H2,1-2H3,(H,15,16). The van der Waals surface area contributed by atoms with Crippen molar-refractivity contribution in [3.63, 3.8) is 0 Å². The number of methoxy groups -OCH3 is 1. The fraction of sp³-hybridized carbons (Fsp3) is 0.462. The highest BCUT2D eigenvalue weighted by Gasteiger charge is 2.12. The second kappa shape index (κ2) is 6.91. The Bertz CT molecular complexity index is 348. The highest BCUT2D eigenvalue weighted by atomic mass is 16.5. The third-order valence-corrected chi connectivity index (χ3v) is 2.67. The maximum Gasteiger partial charge on any atom is 0.320 e. The van der Waals surface area contributed by atoms with E-state index in [-0.39, 0.29) is 0 Å². The van der Waals surface area contributed by atoms with Crippen molar-refractivity contribution in [1.82, 2.24) is 5.32 Å². The van der Waals surface area contributed by atoms with E-state index < -0.39 is 12.0 Å². The summed E-state index contributed by atoms with van der Waals surface area (Å²) in [4.78, 5) is 10.8. The fourth-order valence-corrected chi connectivity index (χ4v) is 1.59. The number of aliphatic carboxylic acids is 1. The van der Waals surface area contributed by atoms with Gasteiger partial charge in [0.05, 0.1) is 7.11 Å². The number of nitrogens with one attached hydrogen (secondary N) is 1. The third kappa shape index (κ3) is 4.44. The number of rotatable bonds is 7. The molecular weight excluding hydrogens is 218 g/mol. The summed E-state index contributed by atoms with van der Waals surface area (Å²) in [6, 6.07) is 7.34. The van der Waals surface area contributed by atoms with Gasteiger partial charge >= 0.3 is 5.97 Å². The molecule has 1 aromatic rings. The van der Waals surface area contributed by atoms with Gasteiger partial charge in [0.2, 0.25) is 0 Å². The molecule has 4 nitrogen and oxygen atoms in total. The molecule has 0 bridgehead atoms. The Balaban J connectivity index is 2.37. The Morgan fingerprint density at radius 2 is 2.06 bits per heavy atom. The first-order chi connectivity index (χ1) is 8.17. The Kier molecular flexibility index (Phi) is 5.49. The number of carboxylic acids is 1. The van der Waals surface area contributed by atoms with Gasteiger partial charge in [0.15, 0.2) is 0 Å². The molecular formula is C13H19NO3. The summed E-state index contributed by atoms with van der Waals surface area (Å²) in [6.07, 6.45) is 1.41. The molecule has 0 amide bonds. The van der Waals surface area contributed by atoms with Crippen LogP contribution in [-0.2, 0) is 11.2 Å². The zero-order chi connectivity index (χ0) is 12.7. The van der Waals surface area contributed by atoms with E-state index >= 15 is 0 Å². The van der Waals surface area contributed by atoms with Gasteiger partial charge in [-0.15, -0.1) is 0 Å². The van der Waals surface area contributed by atoms with Crippen LogP contribution in [0.15, 0.2) is 24.3 Å². The maximum atomic E-state index is 10.8. The van der Waals surface area contributed by atoms with Crippen molar-refractivity contribution in [1.29, 1.82) is 0 Å². The van der Waals surface area contributed by atoms with Crippen LogP contribution in [0.4, 0.5) is 0 Å². The van der Waals surface area contributed by atoms with Crippen molar-refractivity contribution in [3.05, 3.63) is 29.8 Å². The molecule has 2 N–H and O–H groups in total. The van der Waals surface area contributed by atoms with Crippen LogP contribution in [0.1, 0.15) is 18.9 Å². The molecule has 0 aliphatic rings. The van der Waals surface area contributed by atoms with Gasteiger partial charge in [-0.05, 0) is 37.1 Å². The van der Waals surface area contributed by atoms with Gasteiger partial charge in [-0.2, -0.15) is 0 Å². The normalized spacial score (nSPS) is 12.1. The molecule has 1 atom stereocenters. The first kappa shape index (κ1) is 13.5. The van der Waals surface area contributed by atoms with Crippen molar-refractivity contribution in [2.75, 3.05) is 13.7 Å². The minimum atomic E-state index is -0.790. The molecule has 0 saturated heterocycles. The summed E-state index contributed by atoms with van der Waals surface area (Å²) in [5.74, 6) is 0.0425. The van der Waals surface area contributed by atoms with Crippen LogP contribution in [0.2, 0.25) is 0 Å². The molecule has 0 heterocycles. The molecule has 17 heavy (non-hydrogen) atoms. The van der Waals surface area contributed by atoms with E-state index in [1.807, 2.05) is 31.2 Å². The number of hydrogen-bond acceptors (Lipinski definition) is 3. The number of ether oxygens (including phenoxy) is 1. The van der Waals surface area contributed by atoms with Gasteiger partial charge in [-0.3, -0.25) is 4.79 Å². The monoisotopic (exact) mass is 237 g/mol. The van der Waals surface area contributed by atoms with Gasteiger partial charge in [0.25, 0.3) is 0 Å². The number of benzene rings is 1. The van der Waals surface area contributed by atoms with Gasteiger partial charge in [-0.25, -0.2) is 0 Å². The Morgan fingerprint density at radius 3 is 2.53 bits per heavy atom. The van der Waals surface area contributed by atoms with Crippen LogP contribution < -0.4 is 10.1 Å². The highest BCUT2D eigenvalue weighted by molar-refractivity contribution is 5.73. The molecule has 1 rings (SSSR count). The minimum Gasteiger partial charge on any atom is -0.497 e. The molecule has 94 valence electrons. The quantitative estimate of drug-likeness (QED) is 0.757. The SMILES string of the molecule is CCC(NCCc1ccc(OC)cc1)C(=O)O. The van der Waals surface area contributed by atoms with Crippen LogP contribution in [0.5, 0.6) is 5.75 Å². The number of hydrogen-bond donors (Lipinski definition) is 2. The number of carbonyl (C=O) groups is 1. The molecule has 0 aliphatic carbocycles. The van der Waals surface area contributed by atoms with Gasteiger partial charge < -0.3 is 15.2 Å². The third-order valence-electron chi connectivity index (χ3n) is 2.67. The first-order valence-electron chi connectivity index (χ1n) is 5.76. The van der Waals surface area contributed by atoms with Crippen LogP contribution in [0.25, 0.3) is 0 Å².